The maximum absolute atomic E-state index is 12.9. The van der Waals surface area contributed by atoms with E-state index in [4.69, 9.17) is 22.3 Å². The summed E-state index contributed by atoms with van der Waals surface area (Å²) >= 11 is 6.54. The highest BCUT2D eigenvalue weighted by atomic mass is 35.5. The molecule has 0 aliphatic carbocycles. The van der Waals surface area contributed by atoms with Crippen LogP contribution in [0.15, 0.2) is 47.8 Å². The van der Waals surface area contributed by atoms with Gasteiger partial charge in [0.05, 0.1) is 22.3 Å². The summed E-state index contributed by atoms with van der Waals surface area (Å²) in [5.41, 5.74) is 8.51. The molecule has 0 bridgehead atoms. The Morgan fingerprint density at radius 2 is 2.00 bits per heavy atom. The van der Waals surface area contributed by atoms with Gasteiger partial charge in [-0.1, -0.05) is 11.6 Å². The number of carboxylic acids is 1. The van der Waals surface area contributed by atoms with E-state index < -0.39 is 11.4 Å². The lowest BCUT2D eigenvalue weighted by molar-refractivity contribution is 0.0695. The van der Waals surface area contributed by atoms with Crippen LogP contribution in [-0.4, -0.2) is 30.6 Å². The van der Waals surface area contributed by atoms with E-state index >= 15 is 0 Å². The Balaban J connectivity index is 1.77. The van der Waals surface area contributed by atoms with E-state index in [1.807, 2.05) is 24.1 Å². The second-order valence-electron chi connectivity index (χ2n) is 7.61. The molecule has 0 saturated carbocycles. The normalized spacial score (nSPS) is 12.9. The second kappa shape index (κ2) is 7.31. The minimum atomic E-state index is -1.34. The molecule has 32 heavy (non-hydrogen) atoms. The van der Waals surface area contributed by atoms with Gasteiger partial charge in [-0.05, 0) is 41.8 Å². The van der Waals surface area contributed by atoms with Crippen LogP contribution in [-0.2, 0) is 13.1 Å². The van der Waals surface area contributed by atoms with E-state index in [2.05, 4.69) is 9.97 Å². The van der Waals surface area contributed by atoms with E-state index in [0.717, 1.165) is 16.7 Å². The Hall–Kier alpha value is -3.98. The molecule has 0 saturated heterocycles. The summed E-state index contributed by atoms with van der Waals surface area (Å²) in [5, 5.41) is 9.96. The number of aromatic nitrogens is 4. The van der Waals surface area contributed by atoms with Crippen LogP contribution in [0.2, 0.25) is 5.02 Å². The molecule has 4 aromatic heterocycles. The topological polar surface area (TPSA) is 127 Å². The monoisotopic (exact) mass is 448 g/mol. The van der Waals surface area contributed by atoms with Crippen LogP contribution in [0, 0.1) is 6.92 Å². The number of aromatic carboxylic acids is 1. The quantitative estimate of drug-likeness (QED) is 0.489. The number of fused-ring (bicyclic) bond motifs is 2. The van der Waals surface area contributed by atoms with E-state index in [9.17, 15) is 14.7 Å². The summed E-state index contributed by atoms with van der Waals surface area (Å²) < 4.78 is 1.55. The fraction of sp³-hybridized carbons (Fsp3) is 0.136. The number of anilines is 2. The van der Waals surface area contributed by atoms with Crippen LogP contribution in [0.5, 0.6) is 0 Å². The first kappa shape index (κ1) is 20.0. The fourth-order valence-electron chi connectivity index (χ4n) is 3.96. The van der Waals surface area contributed by atoms with Crippen LogP contribution >= 0.6 is 11.6 Å². The summed E-state index contributed by atoms with van der Waals surface area (Å²) in [5.74, 6) is -0.516. The fourth-order valence-corrected chi connectivity index (χ4v) is 4.24. The minimum absolute atomic E-state index is 0.105. The Labute approximate surface area is 186 Å². The number of hydrogen-bond acceptors (Lipinski definition) is 7. The molecule has 0 spiro atoms. The van der Waals surface area contributed by atoms with Crippen molar-refractivity contribution in [3.05, 3.63) is 80.5 Å². The van der Waals surface area contributed by atoms with Gasteiger partial charge in [-0.15, -0.1) is 0 Å². The highest BCUT2D eigenvalue weighted by Gasteiger charge is 2.25. The van der Waals surface area contributed by atoms with Gasteiger partial charge < -0.3 is 15.7 Å². The third kappa shape index (κ3) is 3.14. The largest absolute Gasteiger partial charge is 0.477 e. The van der Waals surface area contributed by atoms with Crippen LogP contribution in [0.25, 0.3) is 16.7 Å². The summed E-state index contributed by atoms with van der Waals surface area (Å²) in [6.45, 7) is 2.98. The van der Waals surface area contributed by atoms with Gasteiger partial charge in [-0.2, -0.15) is 0 Å². The van der Waals surface area contributed by atoms with Gasteiger partial charge in [0.15, 0.2) is 11.5 Å². The zero-order chi connectivity index (χ0) is 22.6. The standard InChI is InChI=1S/C22H17ClN6O3/c1-11-4-18(24)26-7-17(11)29-10-15(22(31)32)19(30)14-5-16(23)21(27-20(14)29)28-8-12-2-3-25-6-13(12)9-28/h2-7,10H,8-9H2,1H3,(H2,24,26)(H,31,32). The Kier molecular flexibility index (Phi) is 4.56. The van der Waals surface area contributed by atoms with E-state index in [-0.39, 0.29) is 21.6 Å². The maximum atomic E-state index is 12.9. The summed E-state index contributed by atoms with van der Waals surface area (Å²) in [4.78, 5) is 39.7. The molecule has 10 heteroatoms. The van der Waals surface area contributed by atoms with Gasteiger partial charge in [0.2, 0.25) is 5.43 Å². The lowest BCUT2D eigenvalue weighted by Gasteiger charge is -2.20. The number of pyridine rings is 4. The molecular weight excluding hydrogens is 432 g/mol. The SMILES string of the molecule is Cc1cc(N)ncc1-n1cc(C(=O)O)c(=O)c2cc(Cl)c(N3Cc4ccncc4C3)nc21. The minimum Gasteiger partial charge on any atom is -0.477 e. The molecule has 1 aliphatic rings. The van der Waals surface area contributed by atoms with Crippen molar-refractivity contribution in [2.75, 3.05) is 10.6 Å². The molecule has 160 valence electrons. The molecule has 5 heterocycles. The van der Waals surface area contributed by atoms with Gasteiger partial charge in [0.1, 0.15) is 11.4 Å². The summed E-state index contributed by atoms with van der Waals surface area (Å²) in [7, 11) is 0. The second-order valence-corrected chi connectivity index (χ2v) is 8.02. The van der Waals surface area contributed by atoms with Crippen molar-refractivity contribution in [2.45, 2.75) is 20.0 Å². The van der Waals surface area contributed by atoms with Crippen molar-refractivity contribution in [3.8, 4) is 5.69 Å². The number of aryl methyl sites for hydroxylation is 1. The first-order valence-corrected chi connectivity index (χ1v) is 10.1. The molecule has 0 radical (unpaired) electrons. The maximum Gasteiger partial charge on any atom is 0.341 e. The third-order valence-electron chi connectivity index (χ3n) is 5.53. The van der Waals surface area contributed by atoms with E-state index in [1.165, 1.54) is 18.5 Å². The van der Waals surface area contributed by atoms with Gasteiger partial charge in [0, 0.05) is 31.7 Å². The van der Waals surface area contributed by atoms with Gasteiger partial charge in [-0.25, -0.2) is 14.8 Å². The third-order valence-corrected chi connectivity index (χ3v) is 5.81. The van der Waals surface area contributed by atoms with Crippen molar-refractivity contribution in [1.82, 2.24) is 19.5 Å². The van der Waals surface area contributed by atoms with E-state index in [0.29, 0.717) is 30.4 Å². The number of nitrogen functional groups attached to an aromatic ring is 1. The zero-order valence-electron chi connectivity index (χ0n) is 16.9. The number of carbonyl (C=O) groups is 1. The number of rotatable bonds is 3. The van der Waals surface area contributed by atoms with Gasteiger partial charge in [0.25, 0.3) is 0 Å². The number of halogens is 1. The molecule has 0 unspecified atom stereocenters. The molecule has 0 amide bonds. The molecule has 0 fully saturated rings. The number of hydrogen-bond donors (Lipinski definition) is 2. The number of nitrogens with zero attached hydrogens (tertiary/aromatic N) is 5. The molecule has 9 nitrogen and oxygen atoms in total. The molecule has 0 aromatic carbocycles. The lowest BCUT2D eigenvalue weighted by Crippen LogP contribution is -2.22. The molecular formula is C22H17ClN6O3. The first-order valence-electron chi connectivity index (χ1n) is 9.72. The van der Waals surface area contributed by atoms with Crippen LogP contribution < -0.4 is 16.1 Å². The predicted molar refractivity (Wildman–Crippen MR) is 120 cm³/mol. The van der Waals surface area contributed by atoms with Crippen molar-refractivity contribution >= 4 is 40.2 Å². The average Bonchev–Trinajstić information content (AvgIpc) is 3.18. The number of carboxylic acid groups (broad SMARTS) is 1. The van der Waals surface area contributed by atoms with Crippen molar-refractivity contribution in [1.29, 1.82) is 0 Å². The van der Waals surface area contributed by atoms with Crippen LogP contribution in [0.4, 0.5) is 11.6 Å². The summed E-state index contributed by atoms with van der Waals surface area (Å²) in [6, 6.07) is 5.09. The molecule has 0 atom stereocenters. The van der Waals surface area contributed by atoms with Crippen molar-refractivity contribution in [3.63, 3.8) is 0 Å². The van der Waals surface area contributed by atoms with Gasteiger partial charge >= 0.3 is 5.97 Å². The molecule has 1 aliphatic heterocycles. The predicted octanol–water partition coefficient (Wildman–Crippen LogP) is 2.94. The van der Waals surface area contributed by atoms with Crippen molar-refractivity contribution < 1.29 is 9.90 Å². The Bertz CT molecular complexity index is 1460. The zero-order valence-corrected chi connectivity index (χ0v) is 17.7. The van der Waals surface area contributed by atoms with Crippen LogP contribution in [0.1, 0.15) is 27.0 Å². The first-order chi connectivity index (χ1) is 15.3. The number of nitrogens with two attached hydrogens (primary N) is 1. The highest BCUT2D eigenvalue weighted by molar-refractivity contribution is 6.33. The molecule has 4 aromatic rings. The molecule has 5 rings (SSSR count). The van der Waals surface area contributed by atoms with Gasteiger partial charge in [-0.3, -0.25) is 14.3 Å². The van der Waals surface area contributed by atoms with Crippen LogP contribution in [0.3, 0.4) is 0 Å². The average molecular weight is 449 g/mol. The summed E-state index contributed by atoms with van der Waals surface area (Å²) in [6.07, 6.45) is 6.33. The lowest BCUT2D eigenvalue weighted by atomic mass is 10.1. The Morgan fingerprint density at radius 1 is 1.22 bits per heavy atom. The smallest absolute Gasteiger partial charge is 0.341 e. The Morgan fingerprint density at radius 3 is 2.72 bits per heavy atom. The highest BCUT2D eigenvalue weighted by Crippen LogP contribution is 2.33. The molecule has 3 N–H and O–H groups in total. The van der Waals surface area contributed by atoms with E-state index in [1.54, 1.807) is 16.8 Å². The van der Waals surface area contributed by atoms with Crippen molar-refractivity contribution in [2.24, 2.45) is 0 Å².